The molecular weight excluding hydrogens is 318 g/mol. The largest absolute Gasteiger partial charge is 0.481 e. The average Bonchev–Trinajstić information content (AvgIpc) is 2.95. The van der Waals surface area contributed by atoms with Gasteiger partial charge in [-0.1, -0.05) is 36.7 Å². The summed E-state index contributed by atoms with van der Waals surface area (Å²) in [6.45, 7) is 2.61. The van der Waals surface area contributed by atoms with Gasteiger partial charge in [-0.2, -0.15) is 0 Å². The lowest BCUT2D eigenvalue weighted by Crippen LogP contribution is -2.41. The van der Waals surface area contributed by atoms with Crippen LogP contribution < -0.4 is 0 Å². The van der Waals surface area contributed by atoms with Crippen molar-refractivity contribution in [2.24, 2.45) is 11.3 Å². The van der Waals surface area contributed by atoms with Crippen LogP contribution in [-0.2, 0) is 20.7 Å². The van der Waals surface area contributed by atoms with Gasteiger partial charge in [0.2, 0.25) is 5.91 Å². The molecule has 1 heterocycles. The Kier molecular flexibility index (Phi) is 5.65. The van der Waals surface area contributed by atoms with Crippen LogP contribution in [0.3, 0.4) is 0 Å². The van der Waals surface area contributed by atoms with Gasteiger partial charge in [0.05, 0.1) is 6.61 Å². The number of methoxy groups -OCH3 is 1. The lowest BCUT2D eigenvalue weighted by Gasteiger charge is -2.25. The fourth-order valence-corrected chi connectivity index (χ4v) is 3.30. The summed E-state index contributed by atoms with van der Waals surface area (Å²) >= 11 is 6.14. The van der Waals surface area contributed by atoms with Crippen LogP contribution in [0.2, 0.25) is 5.02 Å². The van der Waals surface area contributed by atoms with Gasteiger partial charge in [0, 0.05) is 31.1 Å². The number of carbonyl (C=O) groups excluding carboxylic acids is 1. The second-order valence-corrected chi connectivity index (χ2v) is 6.63. The number of carboxylic acid groups (broad SMARTS) is 1. The number of hydrogen-bond acceptors (Lipinski definition) is 3. The molecular formula is C17H22ClNO4. The smallest absolute Gasteiger partial charge is 0.313 e. The van der Waals surface area contributed by atoms with E-state index >= 15 is 0 Å². The van der Waals surface area contributed by atoms with E-state index in [-0.39, 0.29) is 25.0 Å². The van der Waals surface area contributed by atoms with Crippen LogP contribution >= 0.6 is 11.6 Å². The number of carboxylic acids is 1. The monoisotopic (exact) mass is 339 g/mol. The van der Waals surface area contributed by atoms with Crippen LogP contribution in [-0.4, -0.2) is 48.7 Å². The molecule has 5 nitrogen and oxygen atoms in total. The molecule has 0 bridgehead atoms. The summed E-state index contributed by atoms with van der Waals surface area (Å²) < 4.78 is 5.05. The number of hydrogen-bond donors (Lipinski definition) is 1. The van der Waals surface area contributed by atoms with E-state index in [1.807, 2.05) is 25.1 Å². The summed E-state index contributed by atoms with van der Waals surface area (Å²) in [4.78, 5) is 25.8. The molecule has 1 fully saturated rings. The van der Waals surface area contributed by atoms with E-state index in [4.69, 9.17) is 16.3 Å². The second-order valence-electron chi connectivity index (χ2n) is 6.22. The van der Waals surface area contributed by atoms with Crippen LogP contribution in [0.15, 0.2) is 24.3 Å². The Morgan fingerprint density at radius 2 is 2.13 bits per heavy atom. The predicted octanol–water partition coefficient (Wildman–Crippen LogP) is 2.47. The van der Waals surface area contributed by atoms with Crippen LogP contribution in [0, 0.1) is 11.3 Å². The number of rotatable bonds is 6. The maximum atomic E-state index is 12.6. The molecule has 1 aliphatic heterocycles. The highest BCUT2D eigenvalue weighted by molar-refractivity contribution is 6.31. The maximum absolute atomic E-state index is 12.6. The molecule has 1 saturated heterocycles. The molecule has 0 saturated carbocycles. The maximum Gasteiger partial charge on any atom is 0.313 e. The second kappa shape index (κ2) is 7.32. The summed E-state index contributed by atoms with van der Waals surface area (Å²) in [6.07, 6.45) is 0.958. The number of amides is 1. The minimum absolute atomic E-state index is 0.0378. The van der Waals surface area contributed by atoms with Crippen LogP contribution in [0.25, 0.3) is 0 Å². The van der Waals surface area contributed by atoms with Crippen molar-refractivity contribution < 1.29 is 19.4 Å². The van der Waals surface area contributed by atoms with Gasteiger partial charge in [0.25, 0.3) is 0 Å². The zero-order valence-electron chi connectivity index (χ0n) is 13.4. The molecule has 0 aromatic heterocycles. The Morgan fingerprint density at radius 3 is 2.74 bits per heavy atom. The number of ether oxygens (including phenoxy) is 1. The van der Waals surface area contributed by atoms with Gasteiger partial charge in [0.1, 0.15) is 5.41 Å². The van der Waals surface area contributed by atoms with Crippen molar-refractivity contribution in [2.45, 2.75) is 19.8 Å². The molecule has 1 aliphatic rings. The number of halogens is 1. The van der Waals surface area contributed by atoms with E-state index in [2.05, 4.69) is 0 Å². The Morgan fingerprint density at radius 1 is 1.43 bits per heavy atom. The molecule has 0 aliphatic carbocycles. The Bertz CT molecular complexity index is 592. The van der Waals surface area contributed by atoms with Gasteiger partial charge < -0.3 is 14.7 Å². The van der Waals surface area contributed by atoms with Crippen molar-refractivity contribution in [3.63, 3.8) is 0 Å². The summed E-state index contributed by atoms with van der Waals surface area (Å²) in [6, 6.07) is 7.45. The normalized spacial score (nSPS) is 22.1. The minimum atomic E-state index is -0.992. The standard InChI is InChI=1S/C17H22ClNO4/c1-12(9-13-5-3-4-6-14(13)18)15(20)19-8-7-17(10-19,11-23-2)16(21)22/h3-6,12H,7-11H2,1-2H3,(H,21,22). The van der Waals surface area contributed by atoms with Crippen molar-refractivity contribution in [2.75, 3.05) is 26.8 Å². The first-order chi connectivity index (χ1) is 10.9. The number of carbonyl (C=O) groups is 2. The number of benzene rings is 1. The highest BCUT2D eigenvalue weighted by Gasteiger charge is 2.46. The highest BCUT2D eigenvalue weighted by Crippen LogP contribution is 2.32. The molecule has 1 N–H and O–H groups in total. The summed E-state index contributed by atoms with van der Waals surface area (Å²) in [7, 11) is 1.48. The predicted molar refractivity (Wildman–Crippen MR) is 87.5 cm³/mol. The molecule has 1 aromatic carbocycles. The molecule has 126 valence electrons. The molecule has 0 spiro atoms. The number of likely N-dealkylation sites (tertiary alicyclic amines) is 1. The van der Waals surface area contributed by atoms with E-state index in [0.717, 1.165) is 5.56 Å². The quantitative estimate of drug-likeness (QED) is 0.864. The third kappa shape index (κ3) is 3.85. The van der Waals surface area contributed by atoms with Crippen LogP contribution in [0.4, 0.5) is 0 Å². The van der Waals surface area contributed by atoms with Gasteiger partial charge in [-0.15, -0.1) is 0 Å². The van der Waals surface area contributed by atoms with E-state index < -0.39 is 11.4 Å². The third-order valence-corrected chi connectivity index (χ3v) is 4.81. The van der Waals surface area contributed by atoms with Gasteiger partial charge >= 0.3 is 5.97 Å². The molecule has 0 radical (unpaired) electrons. The first-order valence-electron chi connectivity index (χ1n) is 7.64. The molecule has 2 atom stereocenters. The lowest BCUT2D eigenvalue weighted by molar-refractivity contribution is -0.151. The van der Waals surface area contributed by atoms with Gasteiger partial charge in [-0.3, -0.25) is 9.59 Å². The van der Waals surface area contributed by atoms with Crippen molar-refractivity contribution in [1.82, 2.24) is 4.90 Å². The van der Waals surface area contributed by atoms with Crippen molar-refractivity contribution >= 4 is 23.5 Å². The first-order valence-corrected chi connectivity index (χ1v) is 8.02. The Labute approximate surface area is 141 Å². The van der Waals surface area contributed by atoms with E-state index in [1.165, 1.54) is 7.11 Å². The fourth-order valence-electron chi connectivity index (χ4n) is 3.08. The van der Waals surface area contributed by atoms with Gasteiger partial charge in [0.15, 0.2) is 0 Å². The summed E-state index contributed by atoms with van der Waals surface area (Å²) in [5, 5.41) is 10.1. The van der Waals surface area contributed by atoms with E-state index in [1.54, 1.807) is 11.0 Å². The van der Waals surface area contributed by atoms with Gasteiger partial charge in [-0.05, 0) is 24.5 Å². The van der Waals surface area contributed by atoms with Crippen molar-refractivity contribution in [3.8, 4) is 0 Å². The highest BCUT2D eigenvalue weighted by atomic mass is 35.5. The van der Waals surface area contributed by atoms with E-state index in [9.17, 15) is 14.7 Å². The Hall–Kier alpha value is -1.59. The summed E-state index contributed by atoms with van der Waals surface area (Å²) in [5.74, 6) is -1.19. The lowest BCUT2D eigenvalue weighted by atomic mass is 9.88. The molecule has 23 heavy (non-hydrogen) atoms. The van der Waals surface area contributed by atoms with Crippen LogP contribution in [0.5, 0.6) is 0 Å². The third-order valence-electron chi connectivity index (χ3n) is 4.45. The van der Waals surface area contributed by atoms with E-state index in [0.29, 0.717) is 24.4 Å². The summed E-state index contributed by atoms with van der Waals surface area (Å²) in [5.41, 5.74) is -0.0651. The number of nitrogens with zero attached hydrogens (tertiary/aromatic N) is 1. The molecule has 1 amide bonds. The minimum Gasteiger partial charge on any atom is -0.481 e. The van der Waals surface area contributed by atoms with Crippen molar-refractivity contribution in [3.05, 3.63) is 34.9 Å². The zero-order valence-corrected chi connectivity index (χ0v) is 14.2. The molecule has 1 aromatic rings. The molecule has 2 rings (SSSR count). The van der Waals surface area contributed by atoms with Crippen molar-refractivity contribution in [1.29, 1.82) is 0 Å². The molecule has 6 heteroatoms. The Balaban J connectivity index is 2.03. The fraction of sp³-hybridized carbons (Fsp3) is 0.529. The molecule has 2 unspecified atom stereocenters. The van der Waals surface area contributed by atoms with Gasteiger partial charge in [-0.25, -0.2) is 0 Å². The first kappa shape index (κ1) is 17.8. The average molecular weight is 340 g/mol. The topological polar surface area (TPSA) is 66.8 Å². The zero-order chi connectivity index (χ0) is 17.0. The van der Waals surface area contributed by atoms with Crippen LogP contribution in [0.1, 0.15) is 18.9 Å². The number of aliphatic carboxylic acids is 1. The SMILES string of the molecule is COCC1(C(=O)O)CCN(C(=O)C(C)Cc2ccccc2Cl)C1.